The predicted octanol–water partition coefficient (Wildman–Crippen LogP) is 5.75. The Balaban J connectivity index is 1.61. The van der Waals surface area contributed by atoms with Crippen LogP contribution in [0.1, 0.15) is 25.0 Å². The molecule has 0 atom stereocenters. The zero-order chi connectivity index (χ0) is 24.2. The van der Waals surface area contributed by atoms with Crippen LogP contribution in [0.25, 0.3) is 22.0 Å². The van der Waals surface area contributed by atoms with E-state index in [2.05, 4.69) is 39.6 Å². The van der Waals surface area contributed by atoms with E-state index in [9.17, 15) is 4.79 Å². The van der Waals surface area contributed by atoms with Crippen LogP contribution >= 0.6 is 0 Å². The molecular formula is C26H29FN6O. The van der Waals surface area contributed by atoms with Crippen molar-refractivity contribution in [2.24, 2.45) is 0 Å². The van der Waals surface area contributed by atoms with Gasteiger partial charge in [0, 0.05) is 23.5 Å². The number of aromatic amines is 1. The van der Waals surface area contributed by atoms with Crippen molar-refractivity contribution in [3.63, 3.8) is 0 Å². The number of anilines is 3. The second kappa shape index (κ2) is 9.93. The molecule has 0 saturated carbocycles. The average molecular weight is 461 g/mol. The first-order chi connectivity index (χ1) is 16.4. The highest BCUT2D eigenvalue weighted by Crippen LogP contribution is 2.35. The quantitative estimate of drug-likeness (QED) is 0.282. The maximum Gasteiger partial charge on any atom is 0.323 e. The molecule has 0 radical (unpaired) electrons. The number of carbonyl (C=O) groups excluding carboxylic acids is 1. The number of H-pyrrole nitrogens is 1. The van der Waals surface area contributed by atoms with Crippen molar-refractivity contribution in [1.82, 2.24) is 15.1 Å². The number of fused-ring (bicyclic) bond motifs is 1. The Bertz CT molecular complexity index is 1310. The molecule has 0 saturated heterocycles. The number of nitrogens with one attached hydrogen (secondary N) is 3. The van der Waals surface area contributed by atoms with E-state index in [1.165, 1.54) is 0 Å². The molecule has 7 nitrogen and oxygen atoms in total. The van der Waals surface area contributed by atoms with Gasteiger partial charge in [0.2, 0.25) is 0 Å². The first kappa shape index (κ1) is 23.3. The number of nitrogen functional groups attached to an aromatic ring is 1. The van der Waals surface area contributed by atoms with Crippen LogP contribution < -0.4 is 16.4 Å². The highest BCUT2D eigenvalue weighted by atomic mass is 19.1. The maximum atomic E-state index is 15.2. The number of aryl methyl sites for hydroxylation is 1. The lowest BCUT2D eigenvalue weighted by Gasteiger charge is -2.19. The van der Waals surface area contributed by atoms with Gasteiger partial charge in [-0.2, -0.15) is 5.10 Å². The Morgan fingerprint density at radius 2 is 1.76 bits per heavy atom. The van der Waals surface area contributed by atoms with E-state index in [0.29, 0.717) is 28.7 Å². The molecule has 0 aliphatic carbocycles. The van der Waals surface area contributed by atoms with E-state index >= 15 is 4.39 Å². The molecule has 1 heterocycles. The summed E-state index contributed by atoms with van der Waals surface area (Å²) in [6, 6.07) is 16.5. The fourth-order valence-corrected chi connectivity index (χ4v) is 4.04. The molecule has 8 heteroatoms. The van der Waals surface area contributed by atoms with E-state index in [-0.39, 0.29) is 17.7 Å². The minimum atomic E-state index is -0.332. The third kappa shape index (κ3) is 4.87. The highest BCUT2D eigenvalue weighted by Gasteiger charge is 2.19. The van der Waals surface area contributed by atoms with Crippen LogP contribution in [0.5, 0.6) is 0 Å². The lowest BCUT2D eigenvalue weighted by Crippen LogP contribution is -2.22. The Hall–Kier alpha value is -3.91. The zero-order valence-electron chi connectivity index (χ0n) is 19.6. The van der Waals surface area contributed by atoms with Gasteiger partial charge in [0.05, 0.1) is 5.39 Å². The lowest BCUT2D eigenvalue weighted by atomic mass is 9.97. The summed E-state index contributed by atoms with van der Waals surface area (Å²) in [6.45, 7) is 8.19. The molecule has 5 N–H and O–H groups in total. The van der Waals surface area contributed by atoms with Gasteiger partial charge in [0.15, 0.2) is 11.6 Å². The minimum absolute atomic E-state index is 0.248. The smallest absolute Gasteiger partial charge is 0.323 e. The monoisotopic (exact) mass is 460 g/mol. The highest BCUT2D eigenvalue weighted by molar-refractivity contribution is 6.03. The Kier molecular flexibility index (Phi) is 6.79. The van der Waals surface area contributed by atoms with Crippen LogP contribution in [0.4, 0.5) is 26.4 Å². The number of benzene rings is 3. The summed E-state index contributed by atoms with van der Waals surface area (Å²) in [5.41, 5.74) is 11.0. The van der Waals surface area contributed by atoms with Crippen LogP contribution in [0.15, 0.2) is 54.6 Å². The number of hydrogen-bond donors (Lipinski definition) is 4. The molecule has 0 bridgehead atoms. The predicted molar refractivity (Wildman–Crippen MR) is 136 cm³/mol. The Labute approximate surface area is 198 Å². The second-order valence-electron chi connectivity index (χ2n) is 8.24. The SMILES string of the molecule is CCN(CC)Cc1cc(-c2ccc(NC(=O)Nc3cccc(C)c3)cc2)c2c(N)n[nH]c2c1F. The number of rotatable bonds is 7. The van der Waals surface area contributed by atoms with E-state index in [1.54, 1.807) is 12.1 Å². The van der Waals surface area contributed by atoms with Gasteiger partial charge in [-0.15, -0.1) is 0 Å². The summed E-state index contributed by atoms with van der Waals surface area (Å²) in [7, 11) is 0. The number of aromatic nitrogens is 2. The lowest BCUT2D eigenvalue weighted by molar-refractivity contribution is 0.262. The van der Waals surface area contributed by atoms with E-state index in [0.717, 1.165) is 35.5 Å². The van der Waals surface area contributed by atoms with Gasteiger partial charge >= 0.3 is 6.03 Å². The van der Waals surface area contributed by atoms with Crippen molar-refractivity contribution in [2.75, 3.05) is 29.5 Å². The van der Waals surface area contributed by atoms with Gasteiger partial charge in [0.25, 0.3) is 0 Å². The third-order valence-electron chi connectivity index (χ3n) is 5.90. The summed E-state index contributed by atoms with van der Waals surface area (Å²) >= 11 is 0. The van der Waals surface area contributed by atoms with Crippen LogP contribution in [0.3, 0.4) is 0 Å². The largest absolute Gasteiger partial charge is 0.382 e. The Morgan fingerprint density at radius 3 is 2.44 bits per heavy atom. The van der Waals surface area contributed by atoms with Crippen LogP contribution in [-0.2, 0) is 6.54 Å². The fraction of sp³-hybridized carbons (Fsp3) is 0.231. The molecule has 0 fully saturated rings. The van der Waals surface area contributed by atoms with Crippen molar-refractivity contribution < 1.29 is 9.18 Å². The molecule has 0 aliphatic heterocycles. The third-order valence-corrected chi connectivity index (χ3v) is 5.90. The molecular weight excluding hydrogens is 431 g/mol. The van der Waals surface area contributed by atoms with Gasteiger partial charge in [-0.05, 0) is 67.0 Å². The van der Waals surface area contributed by atoms with Gasteiger partial charge in [0.1, 0.15) is 5.52 Å². The molecule has 4 aromatic rings. The molecule has 2 amide bonds. The van der Waals surface area contributed by atoms with Crippen molar-refractivity contribution in [2.45, 2.75) is 27.3 Å². The van der Waals surface area contributed by atoms with E-state index < -0.39 is 0 Å². The molecule has 4 rings (SSSR count). The van der Waals surface area contributed by atoms with Crippen molar-refractivity contribution >= 4 is 34.1 Å². The summed E-state index contributed by atoms with van der Waals surface area (Å²) in [6.07, 6.45) is 0. The van der Waals surface area contributed by atoms with E-state index in [1.807, 2.05) is 49.4 Å². The number of nitrogens with two attached hydrogens (primary N) is 1. The van der Waals surface area contributed by atoms with Crippen LogP contribution in [-0.4, -0.2) is 34.2 Å². The minimum Gasteiger partial charge on any atom is -0.382 e. The number of hydrogen-bond acceptors (Lipinski definition) is 4. The summed E-state index contributed by atoms with van der Waals surface area (Å²) in [4.78, 5) is 14.5. The standard InChI is InChI=1S/C26H29FN6O/c1-4-33(5-2)15-18-14-21(22-24(23(18)27)31-32-25(22)28)17-9-11-19(12-10-17)29-26(34)30-20-8-6-7-16(3)13-20/h6-14H,4-5,15H2,1-3H3,(H3,28,31,32)(H2,29,30,34). The summed E-state index contributed by atoms with van der Waals surface area (Å²) < 4.78 is 15.2. The van der Waals surface area contributed by atoms with Crippen molar-refractivity contribution in [3.8, 4) is 11.1 Å². The second-order valence-corrected chi connectivity index (χ2v) is 8.24. The zero-order valence-corrected chi connectivity index (χ0v) is 19.6. The van der Waals surface area contributed by atoms with Gasteiger partial charge in [-0.25, -0.2) is 9.18 Å². The normalized spacial score (nSPS) is 11.2. The van der Waals surface area contributed by atoms with Crippen molar-refractivity contribution in [3.05, 3.63) is 71.5 Å². The molecule has 34 heavy (non-hydrogen) atoms. The van der Waals surface area contributed by atoms with Crippen molar-refractivity contribution in [1.29, 1.82) is 0 Å². The number of amides is 2. The van der Waals surface area contributed by atoms with Gasteiger partial charge in [-0.3, -0.25) is 10.00 Å². The summed E-state index contributed by atoms with van der Waals surface area (Å²) in [5.74, 6) is -0.0843. The number of nitrogens with zero attached hydrogens (tertiary/aromatic N) is 2. The molecule has 0 spiro atoms. The van der Waals surface area contributed by atoms with Gasteiger partial charge in [-0.1, -0.05) is 38.1 Å². The average Bonchev–Trinajstić information content (AvgIpc) is 3.21. The molecule has 0 unspecified atom stereocenters. The van der Waals surface area contributed by atoms with E-state index in [4.69, 9.17) is 5.73 Å². The molecule has 176 valence electrons. The van der Waals surface area contributed by atoms with Gasteiger partial charge < -0.3 is 16.4 Å². The first-order valence-corrected chi connectivity index (χ1v) is 11.3. The first-order valence-electron chi connectivity index (χ1n) is 11.3. The van der Waals surface area contributed by atoms with Crippen LogP contribution in [0, 0.1) is 12.7 Å². The number of halogens is 1. The topological polar surface area (TPSA) is 99.1 Å². The summed E-state index contributed by atoms with van der Waals surface area (Å²) in [5, 5.41) is 13.0. The maximum absolute atomic E-state index is 15.2. The number of carbonyl (C=O) groups is 1. The Morgan fingerprint density at radius 1 is 1.06 bits per heavy atom. The fourth-order valence-electron chi connectivity index (χ4n) is 4.04. The van der Waals surface area contributed by atoms with Crippen LogP contribution in [0.2, 0.25) is 0 Å². The molecule has 1 aromatic heterocycles. The molecule has 3 aromatic carbocycles. The molecule has 0 aliphatic rings. The number of urea groups is 1.